The van der Waals surface area contributed by atoms with Gasteiger partial charge in [-0.25, -0.2) is 4.39 Å². The van der Waals surface area contributed by atoms with Crippen molar-refractivity contribution in [3.63, 3.8) is 0 Å². The lowest BCUT2D eigenvalue weighted by Gasteiger charge is -2.42. The third kappa shape index (κ3) is 3.41. The summed E-state index contributed by atoms with van der Waals surface area (Å²) in [5, 5.41) is 3.37. The maximum absolute atomic E-state index is 13.9. The summed E-state index contributed by atoms with van der Waals surface area (Å²) in [6, 6.07) is 37.1. The van der Waals surface area contributed by atoms with Gasteiger partial charge in [-0.1, -0.05) is 104 Å². The SMILES string of the molecule is CC1(C)c2ccccc2N(c2ccc3c(c2)Sc2ccccc2P3(=S)c2ccc(F)cc2)c2ccccc21. The Labute approximate surface area is 232 Å². The molecule has 2 heterocycles. The van der Waals surface area contributed by atoms with Crippen molar-refractivity contribution in [1.82, 2.24) is 0 Å². The third-order valence-corrected chi connectivity index (χ3v) is 14.2. The van der Waals surface area contributed by atoms with Crippen LogP contribution in [0.2, 0.25) is 0 Å². The maximum Gasteiger partial charge on any atom is 0.123 e. The van der Waals surface area contributed by atoms with Crippen molar-refractivity contribution in [2.75, 3.05) is 4.90 Å². The second-order valence-corrected chi connectivity index (χ2v) is 15.7. The number of anilines is 3. The predicted molar refractivity (Wildman–Crippen MR) is 163 cm³/mol. The first-order valence-electron chi connectivity index (χ1n) is 12.7. The van der Waals surface area contributed by atoms with Crippen LogP contribution in [0, 0.1) is 5.82 Å². The van der Waals surface area contributed by atoms with Gasteiger partial charge in [-0.3, -0.25) is 0 Å². The highest BCUT2D eigenvalue weighted by Crippen LogP contribution is 2.55. The summed E-state index contributed by atoms with van der Waals surface area (Å²) in [5.41, 5.74) is 6.05. The molecule has 0 aromatic heterocycles. The number of rotatable bonds is 2. The average molecular weight is 550 g/mol. The van der Waals surface area contributed by atoms with Crippen LogP contribution in [0.5, 0.6) is 0 Å². The molecular weight excluding hydrogens is 524 g/mol. The van der Waals surface area contributed by atoms with Crippen LogP contribution < -0.4 is 20.8 Å². The summed E-state index contributed by atoms with van der Waals surface area (Å²) in [4.78, 5) is 4.75. The molecule has 5 heteroatoms. The lowest BCUT2D eigenvalue weighted by atomic mass is 9.73. The minimum atomic E-state index is -2.35. The average Bonchev–Trinajstić information content (AvgIpc) is 2.94. The lowest BCUT2D eigenvalue weighted by Crippen LogP contribution is -2.32. The number of nitrogens with zero attached hydrogens (tertiary/aromatic N) is 1. The molecule has 0 fully saturated rings. The highest BCUT2D eigenvalue weighted by atomic mass is 32.4. The molecule has 0 radical (unpaired) electrons. The fourth-order valence-electron chi connectivity index (χ4n) is 5.91. The zero-order valence-electron chi connectivity index (χ0n) is 21.1. The Morgan fingerprint density at radius 3 is 1.95 bits per heavy atom. The van der Waals surface area contributed by atoms with Crippen LogP contribution in [0.4, 0.5) is 21.5 Å². The molecule has 5 aromatic rings. The van der Waals surface area contributed by atoms with E-state index in [1.807, 2.05) is 12.1 Å². The van der Waals surface area contributed by atoms with Gasteiger partial charge >= 0.3 is 0 Å². The van der Waals surface area contributed by atoms with Crippen LogP contribution in [0.25, 0.3) is 0 Å². The van der Waals surface area contributed by atoms with Gasteiger partial charge in [-0.2, -0.15) is 0 Å². The van der Waals surface area contributed by atoms with Crippen molar-refractivity contribution < 1.29 is 4.39 Å². The minimum Gasteiger partial charge on any atom is -0.310 e. The normalized spacial score (nSPS) is 18.7. The Morgan fingerprint density at radius 2 is 1.26 bits per heavy atom. The molecule has 5 aromatic carbocycles. The molecule has 0 saturated heterocycles. The summed E-state index contributed by atoms with van der Waals surface area (Å²) < 4.78 is 13.9. The second kappa shape index (κ2) is 8.68. The number of benzene rings is 5. The van der Waals surface area contributed by atoms with Crippen LogP contribution in [0.1, 0.15) is 25.0 Å². The number of fused-ring (bicyclic) bond motifs is 4. The van der Waals surface area contributed by atoms with Gasteiger partial charge in [0.2, 0.25) is 0 Å². The van der Waals surface area contributed by atoms with Crippen molar-refractivity contribution in [2.45, 2.75) is 29.1 Å². The Balaban J connectivity index is 1.45. The molecule has 1 nitrogen and oxygen atoms in total. The number of halogens is 1. The fraction of sp³-hybridized carbons (Fsp3) is 0.0909. The smallest absolute Gasteiger partial charge is 0.123 e. The van der Waals surface area contributed by atoms with Crippen LogP contribution in [-0.4, -0.2) is 0 Å². The number of para-hydroxylation sites is 2. The molecule has 2 aliphatic rings. The van der Waals surface area contributed by atoms with Crippen LogP contribution in [0.15, 0.2) is 125 Å². The monoisotopic (exact) mass is 549 g/mol. The van der Waals surface area contributed by atoms with Crippen molar-refractivity contribution in [3.8, 4) is 0 Å². The molecule has 0 N–H and O–H groups in total. The van der Waals surface area contributed by atoms with E-state index in [1.54, 1.807) is 11.8 Å². The third-order valence-electron chi connectivity index (χ3n) is 7.79. The van der Waals surface area contributed by atoms with E-state index in [-0.39, 0.29) is 11.2 Å². The number of hydrogen-bond donors (Lipinski definition) is 0. The molecule has 2 aliphatic heterocycles. The summed E-state index contributed by atoms with van der Waals surface area (Å²) >= 11 is 8.37. The Bertz CT molecular complexity index is 1730. The second-order valence-electron chi connectivity index (χ2n) is 10.3. The van der Waals surface area contributed by atoms with E-state index in [9.17, 15) is 4.39 Å². The Kier molecular flexibility index (Phi) is 5.46. The van der Waals surface area contributed by atoms with Gasteiger partial charge in [0.1, 0.15) is 5.82 Å². The quantitative estimate of drug-likeness (QED) is 0.201. The molecule has 1 atom stereocenters. The molecule has 38 heavy (non-hydrogen) atoms. The fourth-order valence-corrected chi connectivity index (χ4v) is 12.3. The standard InChI is InChI=1S/C33H25FNPS2/c1-33(2)25-9-3-5-11-27(25)35(28-12-6-4-10-26(28)33)23-17-20-30-32(21-23)38-31-14-8-7-13-29(31)36(30,37)24-18-15-22(34)16-19-24/h3-21H,1-2H3. The molecule has 0 saturated carbocycles. The highest BCUT2D eigenvalue weighted by Gasteiger charge is 2.38. The van der Waals surface area contributed by atoms with Crippen molar-refractivity contribution in [1.29, 1.82) is 0 Å². The van der Waals surface area contributed by atoms with E-state index in [0.29, 0.717) is 0 Å². The van der Waals surface area contributed by atoms with Crippen LogP contribution in [-0.2, 0) is 17.2 Å². The van der Waals surface area contributed by atoms with Crippen LogP contribution >= 0.6 is 17.8 Å². The van der Waals surface area contributed by atoms with Gasteiger partial charge < -0.3 is 4.90 Å². The van der Waals surface area contributed by atoms with Gasteiger partial charge in [-0.05, 0) is 65.0 Å². The predicted octanol–water partition coefficient (Wildman–Crippen LogP) is 8.16. The molecule has 1 unspecified atom stereocenters. The zero-order chi connectivity index (χ0) is 26.1. The molecule has 0 aliphatic carbocycles. The van der Waals surface area contributed by atoms with Crippen molar-refractivity contribution in [3.05, 3.63) is 132 Å². The molecule has 0 bridgehead atoms. The topological polar surface area (TPSA) is 3.24 Å². The van der Waals surface area contributed by atoms with E-state index in [4.69, 9.17) is 11.8 Å². The molecule has 7 rings (SSSR count). The highest BCUT2D eigenvalue weighted by molar-refractivity contribution is 8.26. The summed E-state index contributed by atoms with van der Waals surface area (Å²) in [5.74, 6) is -0.240. The van der Waals surface area contributed by atoms with Gasteiger partial charge in [0.15, 0.2) is 0 Å². The molecule has 0 amide bonds. The van der Waals surface area contributed by atoms with Crippen LogP contribution in [0.3, 0.4) is 0 Å². The maximum atomic E-state index is 13.9. The molecule has 0 spiro atoms. The first kappa shape index (κ1) is 23.9. The Morgan fingerprint density at radius 1 is 0.684 bits per heavy atom. The summed E-state index contributed by atoms with van der Waals surface area (Å²) in [6.07, 6.45) is 0. The zero-order valence-corrected chi connectivity index (χ0v) is 23.6. The van der Waals surface area contributed by atoms with Gasteiger partial charge in [0, 0.05) is 37.5 Å². The molecule has 186 valence electrons. The van der Waals surface area contributed by atoms with E-state index >= 15 is 0 Å². The Hall–Kier alpha value is -3.17. The van der Waals surface area contributed by atoms with Crippen molar-refractivity contribution >= 4 is 62.6 Å². The molecular formula is C33H25FNPS2. The minimum absolute atomic E-state index is 0.102. The summed E-state index contributed by atoms with van der Waals surface area (Å²) in [7, 11) is 0. The van der Waals surface area contributed by atoms with Gasteiger partial charge in [0.25, 0.3) is 0 Å². The van der Waals surface area contributed by atoms with E-state index < -0.39 is 6.04 Å². The van der Waals surface area contributed by atoms with Gasteiger partial charge in [-0.15, -0.1) is 0 Å². The van der Waals surface area contributed by atoms with Gasteiger partial charge in [0.05, 0.1) is 11.4 Å². The van der Waals surface area contributed by atoms with E-state index in [1.165, 1.54) is 55.0 Å². The number of hydrogen-bond acceptors (Lipinski definition) is 3. The first-order chi connectivity index (χ1) is 18.4. The van der Waals surface area contributed by atoms with Crippen molar-refractivity contribution in [2.24, 2.45) is 0 Å². The first-order valence-corrected chi connectivity index (χ1v) is 16.3. The largest absolute Gasteiger partial charge is 0.310 e. The lowest BCUT2D eigenvalue weighted by molar-refractivity contribution is 0.628. The van der Waals surface area contributed by atoms with E-state index in [0.717, 1.165) is 11.0 Å². The summed E-state index contributed by atoms with van der Waals surface area (Å²) in [6.45, 7) is 4.61. The van der Waals surface area contributed by atoms with E-state index in [2.05, 4.69) is 110 Å².